The molecular weight excluding hydrogens is 206 g/mol. The van der Waals surface area contributed by atoms with Crippen molar-refractivity contribution in [3.8, 4) is 0 Å². The summed E-state index contributed by atoms with van der Waals surface area (Å²) < 4.78 is 0. The minimum absolute atomic E-state index is 0.561. The summed E-state index contributed by atoms with van der Waals surface area (Å²) in [5, 5.41) is 3.67. The minimum Gasteiger partial charge on any atom is -0.310 e. The zero-order valence-electron chi connectivity index (χ0n) is 11.6. The Kier molecular flexibility index (Phi) is 3.88. The molecule has 1 nitrogen and oxygen atoms in total. The summed E-state index contributed by atoms with van der Waals surface area (Å²) in [6.07, 6.45) is 3.87. The van der Waals surface area contributed by atoms with Crippen molar-refractivity contribution in [2.24, 2.45) is 5.92 Å². The Hall–Kier alpha value is -0.820. The molecule has 17 heavy (non-hydrogen) atoms. The molecule has 1 aromatic rings. The Bertz CT molecular complexity index is 395. The molecule has 0 aromatic heterocycles. The van der Waals surface area contributed by atoms with E-state index in [2.05, 4.69) is 45.1 Å². The van der Waals surface area contributed by atoms with Crippen LogP contribution >= 0.6 is 0 Å². The van der Waals surface area contributed by atoms with Gasteiger partial charge in [0.15, 0.2) is 0 Å². The van der Waals surface area contributed by atoms with Gasteiger partial charge >= 0.3 is 0 Å². The molecule has 94 valence electrons. The van der Waals surface area contributed by atoms with Gasteiger partial charge in [-0.05, 0) is 62.3 Å². The van der Waals surface area contributed by atoms with E-state index >= 15 is 0 Å². The fourth-order valence-electron chi connectivity index (χ4n) is 3.16. The maximum Gasteiger partial charge on any atom is 0.0325 e. The van der Waals surface area contributed by atoms with Crippen LogP contribution in [0.2, 0.25) is 0 Å². The van der Waals surface area contributed by atoms with E-state index in [1.807, 2.05) is 0 Å². The Morgan fingerprint density at radius 1 is 1.29 bits per heavy atom. The van der Waals surface area contributed by atoms with Crippen molar-refractivity contribution in [1.82, 2.24) is 5.32 Å². The lowest BCUT2D eigenvalue weighted by atomic mass is 9.92. The fourth-order valence-corrected chi connectivity index (χ4v) is 3.16. The van der Waals surface area contributed by atoms with Gasteiger partial charge in [-0.15, -0.1) is 0 Å². The first-order chi connectivity index (χ1) is 8.11. The van der Waals surface area contributed by atoms with Crippen LogP contribution in [-0.4, -0.2) is 6.54 Å². The molecule has 0 radical (unpaired) electrons. The summed E-state index contributed by atoms with van der Waals surface area (Å²) in [7, 11) is 0. The monoisotopic (exact) mass is 231 g/mol. The number of nitrogens with one attached hydrogen (secondary N) is 1. The van der Waals surface area contributed by atoms with Crippen molar-refractivity contribution in [2.75, 3.05) is 6.54 Å². The molecule has 1 aliphatic rings. The third kappa shape index (κ3) is 2.71. The normalized spacial score (nSPS) is 24.2. The number of benzene rings is 1. The quantitative estimate of drug-likeness (QED) is 0.761. The fraction of sp³-hybridized carbons (Fsp3) is 0.625. The van der Waals surface area contributed by atoms with E-state index in [0.29, 0.717) is 6.04 Å². The Morgan fingerprint density at radius 2 is 2.06 bits per heavy atom. The third-order valence-corrected chi connectivity index (χ3v) is 4.00. The average molecular weight is 231 g/mol. The first-order valence-electron chi connectivity index (χ1n) is 6.95. The van der Waals surface area contributed by atoms with Crippen LogP contribution < -0.4 is 5.32 Å². The van der Waals surface area contributed by atoms with Gasteiger partial charge in [0.1, 0.15) is 0 Å². The van der Waals surface area contributed by atoms with E-state index in [9.17, 15) is 0 Å². The second kappa shape index (κ2) is 5.22. The molecule has 0 heterocycles. The Balaban J connectivity index is 2.43. The van der Waals surface area contributed by atoms with Crippen molar-refractivity contribution in [3.63, 3.8) is 0 Å². The molecule has 0 spiro atoms. The number of rotatable bonds is 2. The van der Waals surface area contributed by atoms with Crippen molar-refractivity contribution < 1.29 is 0 Å². The highest BCUT2D eigenvalue weighted by Gasteiger charge is 2.22. The third-order valence-electron chi connectivity index (χ3n) is 4.00. The van der Waals surface area contributed by atoms with Crippen LogP contribution in [0.3, 0.4) is 0 Å². The second-order valence-electron chi connectivity index (χ2n) is 5.64. The van der Waals surface area contributed by atoms with Crippen LogP contribution in [0.5, 0.6) is 0 Å². The first-order valence-corrected chi connectivity index (χ1v) is 6.95. The smallest absolute Gasteiger partial charge is 0.0325 e. The van der Waals surface area contributed by atoms with Gasteiger partial charge in [-0.1, -0.05) is 31.5 Å². The highest BCUT2D eigenvalue weighted by molar-refractivity contribution is 5.41. The molecule has 1 N–H and O–H groups in total. The van der Waals surface area contributed by atoms with Gasteiger partial charge < -0.3 is 5.32 Å². The summed E-state index contributed by atoms with van der Waals surface area (Å²) in [6.45, 7) is 10.1. The standard InChI is InChI=1S/C16H25N/c1-5-17-16-10-11(2)6-7-14-13(4)8-12(3)9-15(14)16/h8-9,11,16-17H,5-7,10H2,1-4H3. The lowest BCUT2D eigenvalue weighted by Gasteiger charge is -2.21. The van der Waals surface area contributed by atoms with Crippen LogP contribution in [-0.2, 0) is 6.42 Å². The molecular formula is C16H25N. The summed E-state index contributed by atoms with van der Waals surface area (Å²) in [5.74, 6) is 0.825. The minimum atomic E-state index is 0.561. The zero-order valence-corrected chi connectivity index (χ0v) is 11.6. The second-order valence-corrected chi connectivity index (χ2v) is 5.64. The van der Waals surface area contributed by atoms with E-state index in [0.717, 1.165) is 12.5 Å². The van der Waals surface area contributed by atoms with Crippen LogP contribution in [0, 0.1) is 19.8 Å². The molecule has 2 unspecified atom stereocenters. The molecule has 1 aliphatic carbocycles. The highest BCUT2D eigenvalue weighted by Crippen LogP contribution is 2.34. The van der Waals surface area contributed by atoms with Crippen LogP contribution in [0.15, 0.2) is 12.1 Å². The van der Waals surface area contributed by atoms with Crippen LogP contribution in [0.25, 0.3) is 0 Å². The Labute approximate surface area is 106 Å². The van der Waals surface area contributed by atoms with Crippen molar-refractivity contribution in [2.45, 2.75) is 53.0 Å². The molecule has 0 saturated heterocycles. The molecule has 0 saturated carbocycles. The van der Waals surface area contributed by atoms with E-state index in [-0.39, 0.29) is 0 Å². The lowest BCUT2D eigenvalue weighted by molar-refractivity contribution is 0.414. The summed E-state index contributed by atoms with van der Waals surface area (Å²) in [4.78, 5) is 0. The van der Waals surface area contributed by atoms with Gasteiger partial charge in [-0.25, -0.2) is 0 Å². The number of hydrogen-bond donors (Lipinski definition) is 1. The van der Waals surface area contributed by atoms with E-state index in [1.54, 1.807) is 11.1 Å². The maximum absolute atomic E-state index is 3.67. The number of hydrogen-bond acceptors (Lipinski definition) is 1. The van der Waals surface area contributed by atoms with Gasteiger partial charge in [0.2, 0.25) is 0 Å². The predicted octanol–water partition coefficient (Wildman–Crippen LogP) is 3.93. The highest BCUT2D eigenvalue weighted by atomic mass is 14.9. The molecule has 0 amide bonds. The molecule has 2 atom stereocenters. The summed E-state index contributed by atoms with van der Waals surface area (Å²) in [5.41, 5.74) is 6.05. The molecule has 0 aliphatic heterocycles. The van der Waals surface area contributed by atoms with E-state index in [4.69, 9.17) is 0 Å². The van der Waals surface area contributed by atoms with Crippen molar-refractivity contribution in [3.05, 3.63) is 34.4 Å². The molecule has 1 aromatic carbocycles. The van der Waals surface area contributed by atoms with Gasteiger partial charge in [0, 0.05) is 6.04 Å². The average Bonchev–Trinajstić information content (AvgIpc) is 2.40. The van der Waals surface area contributed by atoms with E-state index < -0.39 is 0 Å². The number of fused-ring (bicyclic) bond motifs is 1. The predicted molar refractivity (Wildman–Crippen MR) is 74.4 cm³/mol. The van der Waals surface area contributed by atoms with Crippen LogP contribution in [0.4, 0.5) is 0 Å². The van der Waals surface area contributed by atoms with Gasteiger partial charge in [-0.3, -0.25) is 0 Å². The Morgan fingerprint density at radius 3 is 2.76 bits per heavy atom. The number of aryl methyl sites for hydroxylation is 2. The van der Waals surface area contributed by atoms with Gasteiger partial charge in [-0.2, -0.15) is 0 Å². The summed E-state index contributed by atoms with van der Waals surface area (Å²) >= 11 is 0. The van der Waals surface area contributed by atoms with E-state index in [1.165, 1.54) is 30.4 Å². The molecule has 2 rings (SSSR count). The van der Waals surface area contributed by atoms with Crippen LogP contribution in [0.1, 0.15) is 55.0 Å². The largest absolute Gasteiger partial charge is 0.310 e. The summed E-state index contributed by atoms with van der Waals surface area (Å²) in [6, 6.07) is 5.29. The SMILES string of the molecule is CCNC1CC(C)CCc2c(C)cc(C)cc21. The van der Waals surface area contributed by atoms with Gasteiger partial charge in [0.05, 0.1) is 0 Å². The van der Waals surface area contributed by atoms with Crippen molar-refractivity contribution in [1.29, 1.82) is 0 Å². The van der Waals surface area contributed by atoms with Gasteiger partial charge in [0.25, 0.3) is 0 Å². The molecule has 1 heteroatoms. The zero-order chi connectivity index (χ0) is 12.4. The maximum atomic E-state index is 3.67. The first kappa shape index (κ1) is 12.6. The molecule has 0 bridgehead atoms. The topological polar surface area (TPSA) is 12.0 Å². The lowest BCUT2D eigenvalue weighted by Crippen LogP contribution is -2.22. The molecule has 0 fully saturated rings. The van der Waals surface area contributed by atoms with Crippen molar-refractivity contribution >= 4 is 0 Å².